The van der Waals surface area contributed by atoms with Crippen molar-refractivity contribution in [1.29, 1.82) is 0 Å². The van der Waals surface area contributed by atoms with Crippen molar-refractivity contribution in [1.82, 2.24) is 25.0 Å². The molecule has 0 aromatic carbocycles. The van der Waals surface area contributed by atoms with Crippen molar-refractivity contribution < 1.29 is 4.74 Å². The van der Waals surface area contributed by atoms with Crippen molar-refractivity contribution >= 4 is 39.0 Å². The van der Waals surface area contributed by atoms with Gasteiger partial charge in [-0.15, -0.1) is 28.2 Å². The minimum absolute atomic E-state index is 0.157. The Morgan fingerprint density at radius 3 is 3.10 bits per heavy atom. The summed E-state index contributed by atoms with van der Waals surface area (Å²) in [5.41, 5.74) is 2.63. The molecule has 0 amide bonds. The van der Waals surface area contributed by atoms with E-state index in [1.807, 2.05) is 0 Å². The first-order valence-corrected chi connectivity index (χ1v) is 8.68. The first-order valence-electron chi connectivity index (χ1n) is 6.88. The van der Waals surface area contributed by atoms with Crippen LogP contribution >= 0.6 is 23.1 Å². The van der Waals surface area contributed by atoms with Gasteiger partial charge < -0.3 is 4.74 Å². The summed E-state index contributed by atoms with van der Waals surface area (Å²) in [5, 5.41) is 13.1. The summed E-state index contributed by atoms with van der Waals surface area (Å²) in [5.74, 6) is 0.974. The highest BCUT2D eigenvalue weighted by atomic mass is 32.2. The predicted octanol–water partition coefficient (Wildman–Crippen LogP) is 2.70. The minimum Gasteiger partial charge on any atom is -0.370 e. The number of thioether (sulfide) groups is 1. The zero-order valence-electron chi connectivity index (χ0n) is 12.1. The van der Waals surface area contributed by atoms with Gasteiger partial charge in [0.05, 0.1) is 27.5 Å². The molecule has 0 atom stereocenters. The fourth-order valence-electron chi connectivity index (χ4n) is 2.57. The molecule has 1 aliphatic rings. The summed E-state index contributed by atoms with van der Waals surface area (Å²) in [4.78, 5) is 6.08. The Bertz CT molecular complexity index is 838. The standard InChI is InChI=1S/C13H15N5OS2/c1-4-20-12-10-9(11-15-16-17-18(11)12)14-7-5-13(2,3)19-6-8(7)21-10/h4-6H2,1-3H3. The fourth-order valence-corrected chi connectivity index (χ4v) is 4.63. The number of fused-ring (bicyclic) bond motifs is 4. The van der Waals surface area contributed by atoms with Gasteiger partial charge in [0.2, 0.25) is 5.65 Å². The van der Waals surface area contributed by atoms with Crippen molar-refractivity contribution in [2.24, 2.45) is 0 Å². The van der Waals surface area contributed by atoms with Gasteiger partial charge in [0, 0.05) is 6.42 Å². The van der Waals surface area contributed by atoms with Gasteiger partial charge in [-0.05, 0) is 30.0 Å². The van der Waals surface area contributed by atoms with Gasteiger partial charge in [0.15, 0.2) is 0 Å². The molecule has 0 saturated carbocycles. The lowest BCUT2D eigenvalue weighted by atomic mass is 9.99. The maximum absolute atomic E-state index is 5.91. The Balaban J connectivity index is 2.00. The average Bonchev–Trinajstić information content (AvgIpc) is 3.00. The summed E-state index contributed by atoms with van der Waals surface area (Å²) in [6, 6.07) is 0. The molecule has 0 saturated heterocycles. The lowest BCUT2D eigenvalue weighted by Crippen LogP contribution is -2.32. The van der Waals surface area contributed by atoms with E-state index in [2.05, 4.69) is 36.3 Å². The topological polar surface area (TPSA) is 65.2 Å². The second-order valence-corrected chi connectivity index (χ2v) is 8.00. The van der Waals surface area contributed by atoms with Crippen LogP contribution in [0, 0.1) is 0 Å². The number of aromatic nitrogens is 5. The van der Waals surface area contributed by atoms with E-state index in [1.54, 1.807) is 27.6 Å². The van der Waals surface area contributed by atoms with Crippen molar-refractivity contribution in [3.05, 3.63) is 10.6 Å². The number of hydrogen-bond donors (Lipinski definition) is 0. The predicted molar refractivity (Wildman–Crippen MR) is 82.9 cm³/mol. The van der Waals surface area contributed by atoms with Crippen LogP contribution < -0.4 is 0 Å². The molecule has 0 aliphatic carbocycles. The lowest BCUT2D eigenvalue weighted by molar-refractivity contribution is -0.0395. The SMILES string of the molecule is CCSc1c2sc3c(nc2c2nnnn12)CC(C)(C)OC3. The van der Waals surface area contributed by atoms with E-state index in [1.165, 1.54) is 4.88 Å². The van der Waals surface area contributed by atoms with Crippen LogP contribution in [0.1, 0.15) is 31.3 Å². The van der Waals surface area contributed by atoms with Crippen LogP contribution in [0.15, 0.2) is 5.03 Å². The van der Waals surface area contributed by atoms with Crippen LogP contribution in [0.5, 0.6) is 0 Å². The second-order valence-electron chi connectivity index (χ2n) is 5.64. The monoisotopic (exact) mass is 321 g/mol. The third-order valence-electron chi connectivity index (χ3n) is 3.55. The van der Waals surface area contributed by atoms with Crippen molar-refractivity contribution in [2.45, 2.75) is 44.4 Å². The Hall–Kier alpha value is -1.25. The van der Waals surface area contributed by atoms with Crippen molar-refractivity contribution in [2.75, 3.05) is 5.75 Å². The van der Waals surface area contributed by atoms with E-state index in [4.69, 9.17) is 9.72 Å². The highest BCUT2D eigenvalue weighted by molar-refractivity contribution is 7.99. The number of hydrogen-bond acceptors (Lipinski definition) is 7. The van der Waals surface area contributed by atoms with E-state index in [9.17, 15) is 0 Å². The van der Waals surface area contributed by atoms with Gasteiger partial charge in [0.1, 0.15) is 10.5 Å². The second kappa shape index (κ2) is 4.62. The smallest absolute Gasteiger partial charge is 0.207 e. The molecule has 0 fully saturated rings. The van der Waals surface area contributed by atoms with Gasteiger partial charge in [0.25, 0.3) is 0 Å². The maximum Gasteiger partial charge on any atom is 0.207 e. The molecule has 0 bridgehead atoms. The summed E-state index contributed by atoms with van der Waals surface area (Å²) in [6.07, 6.45) is 0.823. The first-order chi connectivity index (χ1) is 10.1. The molecule has 1 aliphatic heterocycles. The third-order valence-corrected chi connectivity index (χ3v) is 5.80. The van der Waals surface area contributed by atoms with Crippen LogP contribution in [-0.2, 0) is 17.8 Å². The van der Waals surface area contributed by atoms with Crippen LogP contribution in [0.2, 0.25) is 0 Å². The third kappa shape index (κ3) is 2.04. The van der Waals surface area contributed by atoms with Crippen molar-refractivity contribution in [3.63, 3.8) is 0 Å². The highest BCUT2D eigenvalue weighted by Crippen LogP contribution is 2.38. The summed E-state index contributed by atoms with van der Waals surface area (Å²) in [6.45, 7) is 6.96. The molecule has 0 N–H and O–H groups in total. The molecule has 6 nitrogen and oxygen atoms in total. The summed E-state index contributed by atoms with van der Waals surface area (Å²) < 4.78 is 8.85. The molecule has 4 heterocycles. The lowest BCUT2D eigenvalue weighted by Gasteiger charge is -2.30. The van der Waals surface area contributed by atoms with Gasteiger partial charge in [-0.25, -0.2) is 4.98 Å². The van der Waals surface area contributed by atoms with Gasteiger partial charge >= 0.3 is 0 Å². The van der Waals surface area contributed by atoms with Crippen LogP contribution in [0.3, 0.4) is 0 Å². The normalized spacial score (nSPS) is 17.5. The van der Waals surface area contributed by atoms with Gasteiger partial charge in [-0.3, -0.25) is 0 Å². The van der Waals surface area contributed by atoms with Gasteiger partial charge in [-0.2, -0.15) is 4.52 Å². The minimum atomic E-state index is -0.157. The molecular formula is C13H15N5OS2. The summed E-state index contributed by atoms with van der Waals surface area (Å²) >= 11 is 3.50. The average molecular weight is 321 g/mol. The molecule has 0 radical (unpaired) electrons. The molecule has 3 aromatic heterocycles. The Morgan fingerprint density at radius 1 is 1.43 bits per heavy atom. The number of rotatable bonds is 2. The number of ether oxygens (including phenoxy) is 1. The zero-order valence-corrected chi connectivity index (χ0v) is 13.7. The van der Waals surface area contributed by atoms with Crippen LogP contribution in [-0.4, -0.2) is 36.4 Å². The van der Waals surface area contributed by atoms with E-state index >= 15 is 0 Å². The molecule has 0 spiro atoms. The largest absolute Gasteiger partial charge is 0.370 e. The number of nitrogens with zero attached hydrogens (tertiary/aromatic N) is 5. The Morgan fingerprint density at radius 2 is 2.29 bits per heavy atom. The van der Waals surface area contributed by atoms with Crippen molar-refractivity contribution in [3.8, 4) is 0 Å². The summed E-state index contributed by atoms with van der Waals surface area (Å²) in [7, 11) is 0. The molecular weight excluding hydrogens is 306 g/mol. The molecule has 21 heavy (non-hydrogen) atoms. The Kier molecular flexibility index (Phi) is 2.95. The van der Waals surface area contributed by atoms with E-state index in [0.717, 1.165) is 38.8 Å². The van der Waals surface area contributed by atoms with E-state index in [-0.39, 0.29) is 5.60 Å². The molecule has 8 heteroatoms. The zero-order chi connectivity index (χ0) is 14.6. The fraction of sp³-hybridized carbons (Fsp3) is 0.538. The first kappa shape index (κ1) is 13.4. The molecule has 0 unspecified atom stereocenters. The van der Waals surface area contributed by atoms with Crippen LogP contribution in [0.4, 0.5) is 0 Å². The molecule has 4 rings (SSSR count). The highest BCUT2D eigenvalue weighted by Gasteiger charge is 2.29. The molecule has 110 valence electrons. The van der Waals surface area contributed by atoms with Gasteiger partial charge in [-0.1, -0.05) is 6.92 Å². The number of tetrazole rings is 1. The molecule has 3 aromatic rings. The van der Waals surface area contributed by atoms with E-state index < -0.39 is 0 Å². The Labute approximate surface area is 129 Å². The quantitative estimate of drug-likeness (QED) is 0.676. The van der Waals surface area contributed by atoms with E-state index in [0.29, 0.717) is 6.61 Å². The maximum atomic E-state index is 5.91. The van der Waals surface area contributed by atoms with Crippen LogP contribution in [0.25, 0.3) is 15.9 Å².